The number of nitrogens with zero attached hydrogens (tertiary/aromatic N) is 2. The minimum atomic E-state index is -0.268. The predicted molar refractivity (Wildman–Crippen MR) is 121 cm³/mol. The Morgan fingerprint density at radius 1 is 1.17 bits per heavy atom. The van der Waals surface area contributed by atoms with Gasteiger partial charge in [-0.15, -0.1) is 0 Å². The fraction of sp³-hybridized carbons (Fsp3) is 0.458. The van der Waals surface area contributed by atoms with Gasteiger partial charge >= 0.3 is 0 Å². The molecule has 2 N–H and O–H groups in total. The summed E-state index contributed by atoms with van der Waals surface area (Å²) in [6, 6.07) is 11.9. The third kappa shape index (κ3) is 4.35. The largest absolute Gasteiger partial charge is 0.385 e. The Morgan fingerprint density at radius 3 is 2.77 bits per heavy atom. The summed E-state index contributed by atoms with van der Waals surface area (Å²) in [5.41, 5.74) is 4.75. The molecule has 1 fully saturated rings. The van der Waals surface area contributed by atoms with Crippen LogP contribution >= 0.6 is 0 Å². The van der Waals surface area contributed by atoms with Gasteiger partial charge in [-0.25, -0.2) is 9.38 Å². The summed E-state index contributed by atoms with van der Waals surface area (Å²) >= 11 is 0. The highest BCUT2D eigenvalue weighted by molar-refractivity contribution is 6.08. The highest BCUT2D eigenvalue weighted by atomic mass is 19.1. The Morgan fingerprint density at radius 2 is 2.00 bits per heavy atom. The number of hydrogen-bond donors (Lipinski definition) is 2. The lowest BCUT2D eigenvalue weighted by Gasteiger charge is -2.39. The number of halogens is 1. The molecular weight excluding hydrogens is 379 g/mol. The molecule has 2 aliphatic rings. The van der Waals surface area contributed by atoms with Crippen LogP contribution in [0.3, 0.4) is 0 Å². The number of benzene rings is 2. The van der Waals surface area contributed by atoms with Crippen LogP contribution in [0, 0.1) is 5.82 Å². The molecule has 0 amide bonds. The monoisotopic (exact) mass is 410 g/mol. The van der Waals surface area contributed by atoms with Gasteiger partial charge in [0.05, 0.1) is 11.4 Å². The lowest BCUT2D eigenvalue weighted by atomic mass is 9.98. The molecule has 2 heterocycles. The number of rotatable bonds is 4. The van der Waals surface area contributed by atoms with Gasteiger partial charge in [-0.05, 0) is 55.2 Å². The van der Waals surface area contributed by atoms with Gasteiger partial charge in [0.1, 0.15) is 11.7 Å². The first kappa shape index (κ1) is 20.8. The van der Waals surface area contributed by atoms with Gasteiger partial charge in [0.25, 0.3) is 0 Å². The van der Waals surface area contributed by atoms with Crippen LogP contribution in [0.4, 0.5) is 21.5 Å². The van der Waals surface area contributed by atoms with E-state index in [0.717, 1.165) is 48.9 Å². The first-order chi connectivity index (χ1) is 14.4. The van der Waals surface area contributed by atoms with Crippen LogP contribution in [-0.2, 0) is 4.74 Å². The van der Waals surface area contributed by atoms with E-state index in [1.54, 1.807) is 13.2 Å². The summed E-state index contributed by atoms with van der Waals surface area (Å²) in [5.74, 6) is 1.09. The normalized spacial score (nSPS) is 20.9. The Balaban J connectivity index is 1.79. The summed E-state index contributed by atoms with van der Waals surface area (Å²) in [7, 11) is 1.74. The first-order valence-corrected chi connectivity index (χ1v) is 10.7. The van der Waals surface area contributed by atoms with Gasteiger partial charge in [-0.1, -0.05) is 19.9 Å². The third-order valence-corrected chi connectivity index (χ3v) is 5.83. The number of ether oxygens (including phenoxy) is 1. The van der Waals surface area contributed by atoms with E-state index in [4.69, 9.17) is 9.73 Å². The van der Waals surface area contributed by atoms with Gasteiger partial charge < -0.3 is 20.3 Å². The molecule has 1 saturated heterocycles. The van der Waals surface area contributed by atoms with Crippen LogP contribution < -0.4 is 10.6 Å². The van der Waals surface area contributed by atoms with Crippen molar-refractivity contribution in [2.75, 3.05) is 32.1 Å². The molecule has 0 saturated carbocycles. The second-order valence-corrected chi connectivity index (χ2v) is 8.63. The Hall–Kier alpha value is -2.44. The molecule has 0 spiro atoms. The maximum Gasteiger partial charge on any atom is 0.138 e. The molecule has 0 aromatic heterocycles. The van der Waals surface area contributed by atoms with E-state index in [2.05, 4.69) is 54.5 Å². The van der Waals surface area contributed by atoms with Crippen molar-refractivity contribution < 1.29 is 9.13 Å². The van der Waals surface area contributed by atoms with Crippen LogP contribution in [0.5, 0.6) is 0 Å². The van der Waals surface area contributed by atoms with E-state index in [1.165, 1.54) is 17.7 Å². The molecule has 30 heavy (non-hydrogen) atoms. The van der Waals surface area contributed by atoms with E-state index in [9.17, 15) is 4.39 Å². The lowest BCUT2D eigenvalue weighted by molar-refractivity contribution is 0.158. The Bertz CT molecular complexity index is 943. The van der Waals surface area contributed by atoms with Crippen LogP contribution in [0.2, 0.25) is 0 Å². The number of anilines is 2. The Labute approximate surface area is 178 Å². The predicted octanol–water partition coefficient (Wildman–Crippen LogP) is 4.78. The van der Waals surface area contributed by atoms with E-state index in [-0.39, 0.29) is 5.82 Å². The fourth-order valence-electron chi connectivity index (χ4n) is 4.27. The van der Waals surface area contributed by atoms with Crippen molar-refractivity contribution in [1.29, 1.82) is 0 Å². The minimum absolute atomic E-state index is 0.268. The fourth-order valence-corrected chi connectivity index (χ4v) is 4.27. The molecule has 0 bridgehead atoms. The van der Waals surface area contributed by atoms with Crippen molar-refractivity contribution in [3.8, 4) is 0 Å². The quantitative estimate of drug-likeness (QED) is 0.761. The van der Waals surface area contributed by atoms with Crippen molar-refractivity contribution in [3.05, 3.63) is 53.3 Å². The van der Waals surface area contributed by atoms with Gasteiger partial charge in [-0.2, -0.15) is 0 Å². The number of nitrogens with one attached hydrogen (secondary N) is 2. The number of methoxy groups -OCH3 is 1. The number of aliphatic imine (C=N–C) groups is 1. The highest BCUT2D eigenvalue weighted by Crippen LogP contribution is 2.36. The number of fused-ring (bicyclic) bond motifs is 2. The molecule has 2 atom stereocenters. The molecule has 4 rings (SSSR count). The number of piperazine rings is 1. The second-order valence-electron chi connectivity index (χ2n) is 8.63. The van der Waals surface area contributed by atoms with E-state index < -0.39 is 0 Å². The van der Waals surface area contributed by atoms with Crippen molar-refractivity contribution in [2.24, 2.45) is 4.99 Å². The molecular formula is C24H31FN4O. The molecule has 2 aromatic rings. The minimum Gasteiger partial charge on any atom is -0.385 e. The van der Waals surface area contributed by atoms with E-state index in [1.807, 2.05) is 0 Å². The summed E-state index contributed by atoms with van der Waals surface area (Å²) < 4.78 is 19.2. The van der Waals surface area contributed by atoms with E-state index in [0.29, 0.717) is 23.7 Å². The maximum atomic E-state index is 13.9. The van der Waals surface area contributed by atoms with Crippen molar-refractivity contribution in [3.63, 3.8) is 0 Å². The van der Waals surface area contributed by atoms with Gasteiger partial charge in [0.15, 0.2) is 0 Å². The maximum absolute atomic E-state index is 13.9. The van der Waals surface area contributed by atoms with Crippen molar-refractivity contribution in [2.45, 2.75) is 45.2 Å². The smallest absolute Gasteiger partial charge is 0.138 e. The molecule has 0 radical (unpaired) electrons. The summed E-state index contributed by atoms with van der Waals surface area (Å²) in [5, 5.41) is 7.09. The van der Waals surface area contributed by atoms with Gasteiger partial charge in [0.2, 0.25) is 0 Å². The Kier molecular flexibility index (Phi) is 6.06. The van der Waals surface area contributed by atoms with Crippen LogP contribution in [0.15, 0.2) is 41.4 Å². The zero-order valence-electron chi connectivity index (χ0n) is 18.2. The van der Waals surface area contributed by atoms with Crippen molar-refractivity contribution >= 4 is 22.9 Å². The zero-order chi connectivity index (χ0) is 21.3. The topological polar surface area (TPSA) is 48.9 Å². The van der Waals surface area contributed by atoms with Gasteiger partial charge in [-0.3, -0.25) is 0 Å². The average molecular weight is 411 g/mol. The SMILES string of the molecule is COCC[C@H]1CN(C2=Nc3ccc(F)cc3Nc3ccc(C(C)C)cc32)CC(C)N1. The molecule has 0 aliphatic carbocycles. The zero-order valence-corrected chi connectivity index (χ0v) is 18.2. The third-order valence-electron chi connectivity index (χ3n) is 5.83. The summed E-state index contributed by atoms with van der Waals surface area (Å²) in [4.78, 5) is 7.41. The molecule has 5 nitrogen and oxygen atoms in total. The van der Waals surface area contributed by atoms with Crippen LogP contribution in [0.25, 0.3) is 0 Å². The van der Waals surface area contributed by atoms with Gasteiger partial charge in [0, 0.05) is 50.1 Å². The molecule has 160 valence electrons. The van der Waals surface area contributed by atoms with Crippen LogP contribution in [-0.4, -0.2) is 49.6 Å². The molecule has 2 aromatic carbocycles. The second kappa shape index (κ2) is 8.74. The molecule has 2 aliphatic heterocycles. The lowest BCUT2D eigenvalue weighted by Crippen LogP contribution is -2.57. The highest BCUT2D eigenvalue weighted by Gasteiger charge is 2.29. The van der Waals surface area contributed by atoms with Crippen molar-refractivity contribution in [1.82, 2.24) is 10.2 Å². The van der Waals surface area contributed by atoms with E-state index >= 15 is 0 Å². The number of amidine groups is 1. The summed E-state index contributed by atoms with van der Waals surface area (Å²) in [6.45, 7) is 9.04. The van der Waals surface area contributed by atoms with Crippen LogP contribution in [0.1, 0.15) is 44.2 Å². The number of hydrogen-bond acceptors (Lipinski definition) is 5. The average Bonchev–Trinajstić information content (AvgIpc) is 2.87. The molecule has 6 heteroatoms. The molecule has 1 unspecified atom stereocenters. The standard InChI is InChI=1S/C24H31FN4O/c1-15(2)17-5-7-21-20(11-17)24(28-22-8-6-18(25)12-23(22)27-21)29-13-16(3)26-19(14-29)9-10-30-4/h5-8,11-12,15-16,19,26-27H,9-10,13-14H2,1-4H3/t16?,19-/m0/s1. The summed E-state index contributed by atoms with van der Waals surface area (Å²) in [6.07, 6.45) is 0.948. The first-order valence-electron chi connectivity index (χ1n) is 10.7.